The van der Waals surface area contributed by atoms with E-state index in [9.17, 15) is 4.79 Å². The highest BCUT2D eigenvalue weighted by atomic mass is 32.1. The summed E-state index contributed by atoms with van der Waals surface area (Å²) in [5.74, 6) is 1.09. The maximum atomic E-state index is 12.4. The third kappa shape index (κ3) is 2.57. The fraction of sp³-hybridized carbons (Fsp3) is 0.692. The molecule has 1 aliphatic carbocycles. The fourth-order valence-corrected chi connectivity index (χ4v) is 3.19. The first-order valence-electron chi connectivity index (χ1n) is 6.56. The Morgan fingerprint density at radius 1 is 1.56 bits per heavy atom. The summed E-state index contributed by atoms with van der Waals surface area (Å²) in [5, 5.41) is 3.05. The van der Waals surface area contributed by atoms with Crippen molar-refractivity contribution in [2.24, 2.45) is 5.92 Å². The molecule has 18 heavy (non-hydrogen) atoms. The molecule has 1 saturated carbocycles. The maximum Gasteiger partial charge on any atom is 0.273 e. The zero-order chi connectivity index (χ0) is 12.5. The number of carbonyl (C=O) groups is 1. The van der Waals surface area contributed by atoms with Crippen molar-refractivity contribution in [1.82, 2.24) is 9.88 Å². The van der Waals surface area contributed by atoms with Gasteiger partial charge in [-0.15, -0.1) is 11.3 Å². The molecule has 0 spiro atoms. The predicted molar refractivity (Wildman–Crippen MR) is 70.0 cm³/mol. The van der Waals surface area contributed by atoms with Gasteiger partial charge in [0.25, 0.3) is 5.91 Å². The van der Waals surface area contributed by atoms with Crippen LogP contribution in [0.4, 0.5) is 0 Å². The van der Waals surface area contributed by atoms with E-state index < -0.39 is 0 Å². The van der Waals surface area contributed by atoms with Crippen molar-refractivity contribution >= 4 is 17.2 Å². The molecule has 1 saturated heterocycles. The quantitative estimate of drug-likeness (QED) is 0.823. The molecule has 2 fully saturated rings. The van der Waals surface area contributed by atoms with Gasteiger partial charge in [0, 0.05) is 24.4 Å². The van der Waals surface area contributed by atoms with Crippen molar-refractivity contribution in [3.63, 3.8) is 0 Å². The molecular formula is C13H18N2O2S. The number of rotatable bonds is 2. The van der Waals surface area contributed by atoms with Crippen molar-refractivity contribution in [2.45, 2.75) is 25.7 Å². The van der Waals surface area contributed by atoms with Crippen LogP contribution in [0.5, 0.6) is 0 Å². The molecule has 0 unspecified atom stereocenters. The van der Waals surface area contributed by atoms with Gasteiger partial charge in [0.05, 0.1) is 18.2 Å². The Bertz CT molecular complexity index is 442. The Morgan fingerprint density at radius 3 is 3.17 bits per heavy atom. The van der Waals surface area contributed by atoms with E-state index >= 15 is 0 Å². The fourth-order valence-electron chi connectivity index (χ4n) is 2.23. The van der Waals surface area contributed by atoms with Gasteiger partial charge >= 0.3 is 0 Å². The summed E-state index contributed by atoms with van der Waals surface area (Å²) in [7, 11) is 0. The number of hydrogen-bond donors (Lipinski definition) is 0. The Morgan fingerprint density at radius 2 is 2.39 bits per heavy atom. The number of thiazole rings is 1. The normalized spacial score (nSPS) is 24.9. The van der Waals surface area contributed by atoms with Gasteiger partial charge in [-0.2, -0.15) is 0 Å². The lowest BCUT2D eigenvalue weighted by molar-refractivity contribution is 0.0733. The van der Waals surface area contributed by atoms with Gasteiger partial charge in [-0.25, -0.2) is 4.98 Å². The number of ether oxygens (including phenoxy) is 1. The highest BCUT2D eigenvalue weighted by Gasteiger charge is 2.29. The summed E-state index contributed by atoms with van der Waals surface area (Å²) in [6.45, 7) is 4.95. The topological polar surface area (TPSA) is 42.4 Å². The smallest absolute Gasteiger partial charge is 0.273 e. The molecule has 1 amide bonds. The van der Waals surface area contributed by atoms with E-state index in [-0.39, 0.29) is 5.91 Å². The number of aromatic nitrogens is 1. The van der Waals surface area contributed by atoms with Gasteiger partial charge in [0.2, 0.25) is 0 Å². The van der Waals surface area contributed by atoms with E-state index in [4.69, 9.17) is 4.74 Å². The van der Waals surface area contributed by atoms with Crippen LogP contribution >= 0.6 is 11.3 Å². The molecule has 0 bridgehead atoms. The average molecular weight is 266 g/mol. The van der Waals surface area contributed by atoms with Gasteiger partial charge in [0.1, 0.15) is 5.69 Å². The predicted octanol–water partition coefficient (Wildman–Crippen LogP) is 2.13. The van der Waals surface area contributed by atoms with E-state index in [1.807, 2.05) is 10.3 Å². The molecule has 4 nitrogen and oxygen atoms in total. The third-order valence-corrected chi connectivity index (χ3v) is 4.40. The van der Waals surface area contributed by atoms with Crippen LogP contribution in [0.15, 0.2) is 5.38 Å². The number of hydrogen-bond acceptors (Lipinski definition) is 4. The number of amides is 1. The molecule has 1 aliphatic heterocycles. The second kappa shape index (κ2) is 4.97. The van der Waals surface area contributed by atoms with Gasteiger partial charge < -0.3 is 9.64 Å². The van der Waals surface area contributed by atoms with Crippen LogP contribution < -0.4 is 0 Å². The second-order valence-electron chi connectivity index (χ2n) is 5.28. The maximum absolute atomic E-state index is 12.4. The minimum Gasteiger partial charge on any atom is -0.379 e. The Balaban J connectivity index is 1.71. The van der Waals surface area contributed by atoms with E-state index in [1.165, 1.54) is 12.8 Å². The van der Waals surface area contributed by atoms with Gasteiger partial charge in [-0.3, -0.25) is 4.79 Å². The molecule has 1 atom stereocenters. The van der Waals surface area contributed by atoms with Crippen LogP contribution in [0.3, 0.4) is 0 Å². The van der Waals surface area contributed by atoms with Gasteiger partial charge in [-0.05, 0) is 18.8 Å². The molecule has 0 aromatic carbocycles. The van der Waals surface area contributed by atoms with Gasteiger partial charge in [-0.1, -0.05) is 6.92 Å². The first-order chi connectivity index (χ1) is 8.74. The summed E-state index contributed by atoms with van der Waals surface area (Å²) >= 11 is 1.63. The monoisotopic (exact) mass is 266 g/mol. The summed E-state index contributed by atoms with van der Waals surface area (Å²) in [4.78, 5) is 18.7. The molecule has 2 heterocycles. The molecule has 98 valence electrons. The molecule has 3 rings (SSSR count). The molecule has 1 aromatic rings. The third-order valence-electron chi connectivity index (χ3n) is 3.39. The standard InChI is InChI=1S/C13H18N2O2S/c1-9-6-15(4-5-17-7-9)13(16)11-8-18-12(14-11)10-2-3-10/h8-10H,2-7H2,1H3/t9-/m0/s1. The summed E-state index contributed by atoms with van der Waals surface area (Å²) in [5.41, 5.74) is 0.621. The molecule has 5 heteroatoms. The molecule has 1 aromatic heterocycles. The second-order valence-corrected chi connectivity index (χ2v) is 6.17. The lowest BCUT2D eigenvalue weighted by atomic mass is 10.2. The molecular weight excluding hydrogens is 248 g/mol. The van der Waals surface area contributed by atoms with Crippen LogP contribution in [0.2, 0.25) is 0 Å². The Labute approximate surface area is 111 Å². The van der Waals surface area contributed by atoms with E-state index in [2.05, 4.69) is 11.9 Å². The average Bonchev–Trinajstić information content (AvgIpc) is 3.13. The largest absolute Gasteiger partial charge is 0.379 e. The van der Waals surface area contributed by atoms with Crippen LogP contribution in [-0.2, 0) is 4.74 Å². The number of nitrogens with zero attached hydrogens (tertiary/aromatic N) is 2. The lowest BCUT2D eigenvalue weighted by Crippen LogP contribution is -2.35. The van der Waals surface area contributed by atoms with Crippen molar-refractivity contribution in [2.75, 3.05) is 26.3 Å². The summed E-state index contributed by atoms with van der Waals surface area (Å²) in [6.07, 6.45) is 2.46. The summed E-state index contributed by atoms with van der Waals surface area (Å²) in [6, 6.07) is 0. The minimum absolute atomic E-state index is 0.0653. The van der Waals surface area contributed by atoms with Crippen LogP contribution in [0, 0.1) is 5.92 Å². The van der Waals surface area contributed by atoms with E-state index in [1.54, 1.807) is 11.3 Å². The first-order valence-corrected chi connectivity index (χ1v) is 7.44. The minimum atomic E-state index is 0.0653. The Kier molecular flexibility index (Phi) is 3.35. The molecule has 0 radical (unpaired) electrons. The van der Waals surface area contributed by atoms with E-state index in [0.29, 0.717) is 30.7 Å². The van der Waals surface area contributed by atoms with Crippen molar-refractivity contribution < 1.29 is 9.53 Å². The highest BCUT2D eigenvalue weighted by molar-refractivity contribution is 7.10. The zero-order valence-electron chi connectivity index (χ0n) is 10.6. The van der Waals surface area contributed by atoms with Gasteiger partial charge in [0.15, 0.2) is 0 Å². The molecule has 0 N–H and O–H groups in total. The Hall–Kier alpha value is -0.940. The van der Waals surface area contributed by atoms with Crippen LogP contribution in [0.1, 0.15) is 41.2 Å². The highest BCUT2D eigenvalue weighted by Crippen LogP contribution is 2.41. The first kappa shape index (κ1) is 12.1. The van der Waals surface area contributed by atoms with Crippen molar-refractivity contribution in [1.29, 1.82) is 0 Å². The van der Waals surface area contributed by atoms with Crippen LogP contribution in [0.25, 0.3) is 0 Å². The number of carbonyl (C=O) groups excluding carboxylic acids is 1. The lowest BCUT2D eigenvalue weighted by Gasteiger charge is -2.20. The van der Waals surface area contributed by atoms with Crippen LogP contribution in [-0.4, -0.2) is 42.1 Å². The summed E-state index contributed by atoms with van der Waals surface area (Å²) < 4.78 is 5.46. The van der Waals surface area contributed by atoms with E-state index in [0.717, 1.165) is 18.2 Å². The zero-order valence-corrected chi connectivity index (χ0v) is 11.4. The SMILES string of the molecule is C[C@@H]1COCCN(C(=O)c2csc(C3CC3)n2)C1. The van der Waals surface area contributed by atoms with Crippen molar-refractivity contribution in [3.05, 3.63) is 16.1 Å². The molecule has 2 aliphatic rings. The van der Waals surface area contributed by atoms with Crippen molar-refractivity contribution in [3.8, 4) is 0 Å².